The summed E-state index contributed by atoms with van der Waals surface area (Å²) in [4.78, 5) is 2.12. The molecule has 0 saturated carbocycles. The van der Waals surface area contributed by atoms with Crippen LogP contribution in [-0.2, 0) is 19.7 Å². The topological polar surface area (TPSA) is 80.8 Å². The zero-order valence-corrected chi connectivity index (χ0v) is 15.6. The van der Waals surface area contributed by atoms with Crippen LogP contribution in [0.5, 0.6) is 5.75 Å². The molecule has 0 spiro atoms. The van der Waals surface area contributed by atoms with E-state index in [4.69, 9.17) is 4.74 Å². The van der Waals surface area contributed by atoms with Gasteiger partial charge >= 0.3 is 0 Å². The first-order chi connectivity index (χ1) is 11.2. The Labute approximate surface area is 143 Å². The van der Waals surface area contributed by atoms with Crippen molar-refractivity contribution in [2.75, 3.05) is 31.7 Å². The molecule has 2 saturated heterocycles. The fraction of sp³-hybridized carbons (Fsp3) is 0.625. The van der Waals surface area contributed by atoms with Gasteiger partial charge < -0.3 is 4.74 Å². The molecule has 8 heteroatoms. The minimum absolute atomic E-state index is 0.0783. The SMILES string of the molecule is COc1ccc(C)cc1S(=O)(=O)C1CS(=O)(=O)CC1N1CCCC1. The van der Waals surface area contributed by atoms with E-state index in [1.807, 2.05) is 11.8 Å². The number of benzene rings is 1. The van der Waals surface area contributed by atoms with Gasteiger partial charge in [-0.1, -0.05) is 6.07 Å². The summed E-state index contributed by atoms with van der Waals surface area (Å²) < 4.78 is 56.1. The normalized spacial score (nSPS) is 27.4. The highest BCUT2D eigenvalue weighted by atomic mass is 32.2. The molecule has 2 aliphatic rings. The fourth-order valence-corrected chi connectivity index (χ4v) is 8.75. The molecule has 0 radical (unpaired) electrons. The molecule has 6 nitrogen and oxygen atoms in total. The van der Waals surface area contributed by atoms with Gasteiger partial charge in [0.1, 0.15) is 10.6 Å². The number of methoxy groups -OCH3 is 1. The van der Waals surface area contributed by atoms with E-state index in [9.17, 15) is 16.8 Å². The molecule has 1 aromatic carbocycles. The molecule has 2 unspecified atom stereocenters. The fourth-order valence-electron chi connectivity index (χ4n) is 3.68. The van der Waals surface area contributed by atoms with Gasteiger partial charge in [-0.05, 0) is 50.6 Å². The van der Waals surface area contributed by atoms with Crippen LogP contribution in [0.2, 0.25) is 0 Å². The summed E-state index contributed by atoms with van der Waals surface area (Å²) in [5.74, 6) is -0.122. The van der Waals surface area contributed by atoms with Crippen LogP contribution in [0.3, 0.4) is 0 Å². The lowest BCUT2D eigenvalue weighted by Gasteiger charge is -2.28. The van der Waals surface area contributed by atoms with Gasteiger partial charge in [-0.15, -0.1) is 0 Å². The summed E-state index contributed by atoms with van der Waals surface area (Å²) in [6.07, 6.45) is 1.97. The molecule has 2 aliphatic heterocycles. The maximum atomic E-state index is 13.3. The highest BCUT2D eigenvalue weighted by Gasteiger charge is 2.49. The van der Waals surface area contributed by atoms with Gasteiger partial charge in [0.25, 0.3) is 0 Å². The van der Waals surface area contributed by atoms with Gasteiger partial charge in [0.05, 0.1) is 23.9 Å². The number of aryl methyl sites for hydroxylation is 1. The van der Waals surface area contributed by atoms with Gasteiger partial charge in [0, 0.05) is 6.04 Å². The van der Waals surface area contributed by atoms with Crippen molar-refractivity contribution in [2.24, 2.45) is 0 Å². The first-order valence-electron chi connectivity index (χ1n) is 8.07. The molecule has 3 rings (SSSR count). The maximum Gasteiger partial charge on any atom is 0.187 e. The average molecular weight is 373 g/mol. The van der Waals surface area contributed by atoms with Gasteiger partial charge in [-0.25, -0.2) is 16.8 Å². The van der Waals surface area contributed by atoms with Crippen molar-refractivity contribution < 1.29 is 21.6 Å². The van der Waals surface area contributed by atoms with Gasteiger partial charge in [-0.2, -0.15) is 0 Å². The molecule has 2 heterocycles. The standard InChI is InChI=1S/C16H23NO5S2/c1-12-5-6-14(22-2)15(9-12)24(20,21)16-11-23(18,19)10-13(16)17-7-3-4-8-17/h5-6,9,13,16H,3-4,7-8,10-11H2,1-2H3. The van der Waals surface area contributed by atoms with Crippen molar-refractivity contribution in [2.45, 2.75) is 36.0 Å². The maximum absolute atomic E-state index is 13.3. The third-order valence-corrected chi connectivity index (χ3v) is 9.04. The van der Waals surface area contributed by atoms with Crippen LogP contribution >= 0.6 is 0 Å². The first-order valence-corrected chi connectivity index (χ1v) is 11.4. The Morgan fingerprint density at radius 1 is 1.17 bits per heavy atom. The highest BCUT2D eigenvalue weighted by molar-refractivity contribution is 7.96. The number of hydrogen-bond donors (Lipinski definition) is 0. The van der Waals surface area contributed by atoms with E-state index in [1.165, 1.54) is 7.11 Å². The number of hydrogen-bond acceptors (Lipinski definition) is 6. The minimum atomic E-state index is -3.81. The van der Waals surface area contributed by atoms with Crippen LogP contribution in [0.4, 0.5) is 0 Å². The Kier molecular flexibility index (Phi) is 4.65. The Morgan fingerprint density at radius 3 is 2.46 bits per heavy atom. The predicted molar refractivity (Wildman–Crippen MR) is 92.0 cm³/mol. The smallest absolute Gasteiger partial charge is 0.187 e. The van der Waals surface area contributed by atoms with Crippen LogP contribution in [0.25, 0.3) is 0 Å². The third-order valence-electron chi connectivity index (χ3n) is 4.91. The molecule has 0 aromatic heterocycles. The van der Waals surface area contributed by atoms with Gasteiger partial charge in [0.2, 0.25) is 0 Å². The second-order valence-electron chi connectivity index (χ2n) is 6.63. The van der Waals surface area contributed by atoms with Gasteiger partial charge in [0.15, 0.2) is 19.7 Å². The van der Waals surface area contributed by atoms with Crippen molar-refractivity contribution >= 4 is 19.7 Å². The summed E-state index contributed by atoms with van der Waals surface area (Å²) in [7, 11) is -5.75. The van der Waals surface area contributed by atoms with Crippen molar-refractivity contribution in [3.8, 4) is 5.75 Å². The monoisotopic (exact) mass is 373 g/mol. The van der Waals surface area contributed by atoms with E-state index in [2.05, 4.69) is 0 Å². The second-order valence-corrected chi connectivity index (χ2v) is 10.9. The number of rotatable bonds is 4. The molecule has 1 aromatic rings. The van der Waals surface area contributed by atoms with E-state index < -0.39 is 31.0 Å². The second kappa shape index (κ2) is 6.31. The predicted octanol–water partition coefficient (Wildman–Crippen LogP) is 1.04. The molecule has 0 bridgehead atoms. The zero-order valence-electron chi connectivity index (χ0n) is 13.9. The van der Waals surface area contributed by atoms with E-state index in [1.54, 1.807) is 18.2 Å². The largest absolute Gasteiger partial charge is 0.495 e. The van der Waals surface area contributed by atoms with Gasteiger partial charge in [-0.3, -0.25) is 4.90 Å². The summed E-state index contributed by atoms with van der Waals surface area (Å²) >= 11 is 0. The lowest BCUT2D eigenvalue weighted by atomic mass is 10.2. The molecule has 0 aliphatic carbocycles. The minimum Gasteiger partial charge on any atom is -0.495 e. The van der Waals surface area contributed by atoms with Crippen LogP contribution < -0.4 is 4.74 Å². The molecule has 24 heavy (non-hydrogen) atoms. The third kappa shape index (κ3) is 3.19. The number of likely N-dealkylation sites (tertiary alicyclic amines) is 1. The van der Waals surface area contributed by atoms with Crippen LogP contribution in [0, 0.1) is 6.92 Å². The molecule has 2 fully saturated rings. The van der Waals surface area contributed by atoms with Crippen LogP contribution in [0.1, 0.15) is 18.4 Å². The highest BCUT2D eigenvalue weighted by Crippen LogP contribution is 2.34. The summed E-state index contributed by atoms with van der Waals surface area (Å²) in [5.41, 5.74) is 0.799. The van der Waals surface area contributed by atoms with E-state index in [0.717, 1.165) is 31.5 Å². The number of sulfone groups is 2. The molecule has 0 amide bonds. The van der Waals surface area contributed by atoms with Crippen molar-refractivity contribution in [1.29, 1.82) is 0 Å². The summed E-state index contributed by atoms with van der Waals surface area (Å²) in [6.45, 7) is 3.33. The molecule has 2 atom stereocenters. The van der Waals surface area contributed by atoms with Crippen molar-refractivity contribution in [3.05, 3.63) is 23.8 Å². The van der Waals surface area contributed by atoms with Crippen molar-refractivity contribution in [1.82, 2.24) is 4.90 Å². The lowest BCUT2D eigenvalue weighted by molar-refractivity contribution is 0.264. The molecular weight excluding hydrogens is 350 g/mol. The van der Waals surface area contributed by atoms with Crippen LogP contribution in [-0.4, -0.2) is 64.7 Å². The summed E-state index contributed by atoms with van der Waals surface area (Å²) in [6, 6.07) is 4.51. The van der Waals surface area contributed by atoms with Crippen molar-refractivity contribution in [3.63, 3.8) is 0 Å². The average Bonchev–Trinajstić information content (AvgIpc) is 3.14. The van der Waals surface area contributed by atoms with E-state index in [-0.39, 0.29) is 22.2 Å². The number of ether oxygens (including phenoxy) is 1. The Bertz CT molecular complexity index is 826. The van der Waals surface area contributed by atoms with E-state index in [0.29, 0.717) is 0 Å². The first kappa shape index (κ1) is 17.7. The van der Waals surface area contributed by atoms with E-state index >= 15 is 0 Å². The molecule has 134 valence electrons. The number of nitrogens with zero attached hydrogens (tertiary/aromatic N) is 1. The Morgan fingerprint density at radius 2 is 1.83 bits per heavy atom. The Balaban J connectivity index is 2.05. The van der Waals surface area contributed by atoms with Crippen LogP contribution in [0.15, 0.2) is 23.1 Å². The summed E-state index contributed by atoms with van der Waals surface area (Å²) in [5, 5.41) is -0.934. The molecule has 0 N–H and O–H groups in total. The molecular formula is C16H23NO5S2. The zero-order chi connectivity index (χ0) is 17.5. The lowest BCUT2D eigenvalue weighted by Crippen LogP contribution is -2.45. The Hall–Kier alpha value is -1.12. The quantitative estimate of drug-likeness (QED) is 0.784.